The molecule has 1 rings (SSSR count). The summed E-state index contributed by atoms with van der Waals surface area (Å²) in [7, 11) is 0. The van der Waals surface area contributed by atoms with Gasteiger partial charge in [0.2, 0.25) is 0 Å². The molecule has 1 unspecified atom stereocenters. The predicted molar refractivity (Wildman–Crippen MR) is 52.5 cm³/mol. The van der Waals surface area contributed by atoms with Gasteiger partial charge in [-0.15, -0.1) is 0 Å². The summed E-state index contributed by atoms with van der Waals surface area (Å²) in [6, 6.07) is 2.12. The topological polar surface area (TPSA) is 74.6 Å². The summed E-state index contributed by atoms with van der Waals surface area (Å²) in [4.78, 5) is 10.3. The maximum Gasteiger partial charge on any atom is 0.335 e. The van der Waals surface area contributed by atoms with Crippen LogP contribution in [0.15, 0.2) is 17.0 Å². The lowest BCUT2D eigenvalue weighted by molar-refractivity contribution is 0.0696. The number of benzene rings is 1. The first kappa shape index (κ1) is 11.5. The van der Waals surface area contributed by atoms with Crippen molar-refractivity contribution in [2.45, 2.75) is 4.90 Å². The largest absolute Gasteiger partial charge is 0.478 e. The van der Waals surface area contributed by atoms with Crippen molar-refractivity contribution in [3.05, 3.63) is 27.7 Å². The minimum Gasteiger partial charge on any atom is -0.478 e. The number of carboxylic acids is 1. The Labute approximate surface area is 91.7 Å². The van der Waals surface area contributed by atoms with Crippen molar-refractivity contribution in [3.8, 4) is 0 Å². The van der Waals surface area contributed by atoms with Crippen LogP contribution < -0.4 is 0 Å². The van der Waals surface area contributed by atoms with Gasteiger partial charge in [0.05, 0.1) is 20.5 Å². The number of hydrogen-bond acceptors (Lipinski definition) is 2. The molecule has 7 heteroatoms. The summed E-state index contributed by atoms with van der Waals surface area (Å²) in [6.45, 7) is 0. The first-order valence-electron chi connectivity index (χ1n) is 3.26. The minimum atomic E-state index is -2.36. The van der Waals surface area contributed by atoms with Gasteiger partial charge in [-0.05, 0) is 12.1 Å². The molecule has 0 bridgehead atoms. The molecule has 0 amide bonds. The summed E-state index contributed by atoms with van der Waals surface area (Å²) in [5.74, 6) is -1.24. The molecule has 2 N–H and O–H groups in total. The van der Waals surface area contributed by atoms with Gasteiger partial charge in [-0.1, -0.05) is 23.2 Å². The fraction of sp³-hybridized carbons (Fsp3) is 0. The Morgan fingerprint density at radius 1 is 1.36 bits per heavy atom. The van der Waals surface area contributed by atoms with Crippen molar-refractivity contribution in [1.29, 1.82) is 0 Å². The van der Waals surface area contributed by atoms with Gasteiger partial charge in [0.25, 0.3) is 0 Å². The smallest absolute Gasteiger partial charge is 0.335 e. The molecule has 0 fully saturated rings. The quantitative estimate of drug-likeness (QED) is 0.795. The summed E-state index contributed by atoms with van der Waals surface area (Å²) in [6.07, 6.45) is 0. The van der Waals surface area contributed by atoms with Crippen molar-refractivity contribution in [3.63, 3.8) is 0 Å². The third-order valence-electron chi connectivity index (χ3n) is 1.43. The third kappa shape index (κ3) is 2.24. The highest BCUT2D eigenvalue weighted by Gasteiger charge is 2.15. The summed E-state index contributed by atoms with van der Waals surface area (Å²) >= 11 is 8.80. The molecule has 0 aliphatic rings. The molecule has 1 aromatic rings. The van der Waals surface area contributed by atoms with Gasteiger partial charge >= 0.3 is 5.97 Å². The molecule has 4 nitrogen and oxygen atoms in total. The van der Waals surface area contributed by atoms with E-state index in [2.05, 4.69) is 0 Å². The van der Waals surface area contributed by atoms with E-state index in [1.54, 1.807) is 0 Å². The van der Waals surface area contributed by atoms with E-state index >= 15 is 0 Å². The van der Waals surface area contributed by atoms with Gasteiger partial charge in [0, 0.05) is 0 Å². The van der Waals surface area contributed by atoms with Crippen LogP contribution in [0.4, 0.5) is 0 Å². The second-order valence-electron chi connectivity index (χ2n) is 2.32. The van der Waals surface area contributed by atoms with Crippen molar-refractivity contribution < 1.29 is 18.7 Å². The van der Waals surface area contributed by atoms with E-state index in [1.807, 2.05) is 0 Å². The van der Waals surface area contributed by atoms with Gasteiger partial charge < -0.3 is 9.66 Å². The SMILES string of the molecule is O=C(O)c1cc(Cl)c(Cl)c(S(=O)O)c1. The zero-order chi connectivity index (χ0) is 10.9. The summed E-state index contributed by atoms with van der Waals surface area (Å²) < 4.78 is 19.5. The number of carboxylic acid groups (broad SMARTS) is 1. The van der Waals surface area contributed by atoms with E-state index in [0.29, 0.717) is 0 Å². The monoisotopic (exact) mass is 254 g/mol. The average molecular weight is 255 g/mol. The standard InChI is InChI=1S/C7H4Cl2O4S/c8-4-1-3(7(10)11)2-5(6(4)9)14(12)13/h1-2H,(H,10,11)(H,12,13). The third-order valence-corrected chi connectivity index (χ3v) is 3.04. The first-order valence-corrected chi connectivity index (χ1v) is 5.13. The molecule has 0 aliphatic carbocycles. The Kier molecular flexibility index (Phi) is 3.49. The van der Waals surface area contributed by atoms with E-state index in [4.69, 9.17) is 32.9 Å². The van der Waals surface area contributed by atoms with Gasteiger partial charge in [-0.2, -0.15) is 0 Å². The maximum atomic E-state index is 10.7. The Balaban J connectivity index is 3.43. The lowest BCUT2D eigenvalue weighted by Gasteiger charge is -2.03. The molecule has 1 atom stereocenters. The van der Waals surface area contributed by atoms with Crippen LogP contribution in [0.2, 0.25) is 10.0 Å². The highest BCUT2D eigenvalue weighted by molar-refractivity contribution is 7.79. The van der Waals surface area contributed by atoms with E-state index in [1.165, 1.54) is 0 Å². The lowest BCUT2D eigenvalue weighted by atomic mass is 10.2. The summed E-state index contributed by atoms with van der Waals surface area (Å²) in [5.41, 5.74) is -0.184. The number of aromatic carboxylic acids is 1. The van der Waals surface area contributed by atoms with Crippen LogP contribution in [-0.4, -0.2) is 19.8 Å². The van der Waals surface area contributed by atoms with Crippen LogP contribution in [-0.2, 0) is 11.1 Å². The molecule has 1 aromatic carbocycles. The van der Waals surface area contributed by atoms with Crippen molar-refractivity contribution in [1.82, 2.24) is 0 Å². The fourth-order valence-corrected chi connectivity index (χ4v) is 1.89. The predicted octanol–water partition coefficient (Wildman–Crippen LogP) is 2.27. The molecule has 0 saturated carbocycles. The lowest BCUT2D eigenvalue weighted by Crippen LogP contribution is -1.99. The highest BCUT2D eigenvalue weighted by atomic mass is 35.5. The van der Waals surface area contributed by atoms with Crippen LogP contribution >= 0.6 is 23.2 Å². The Morgan fingerprint density at radius 2 is 1.93 bits per heavy atom. The van der Waals surface area contributed by atoms with E-state index < -0.39 is 17.0 Å². The first-order chi connectivity index (χ1) is 6.43. The zero-order valence-corrected chi connectivity index (χ0v) is 8.86. The van der Waals surface area contributed by atoms with Crippen LogP contribution in [0.1, 0.15) is 10.4 Å². The van der Waals surface area contributed by atoms with Crippen molar-refractivity contribution >= 4 is 40.3 Å². The van der Waals surface area contributed by atoms with E-state index in [9.17, 15) is 9.00 Å². The molecule has 0 heterocycles. The van der Waals surface area contributed by atoms with Crippen molar-refractivity contribution in [2.75, 3.05) is 0 Å². The normalized spacial score (nSPS) is 12.5. The zero-order valence-electron chi connectivity index (χ0n) is 6.53. The molecule has 76 valence electrons. The number of carbonyl (C=O) groups is 1. The molecule has 0 aromatic heterocycles. The Morgan fingerprint density at radius 3 is 2.36 bits per heavy atom. The molecule has 0 radical (unpaired) electrons. The second kappa shape index (κ2) is 4.27. The minimum absolute atomic E-state index is 0.0658. The molecular formula is C7H4Cl2O4S. The molecular weight excluding hydrogens is 251 g/mol. The maximum absolute atomic E-state index is 10.7. The van der Waals surface area contributed by atoms with Gasteiger partial charge in [-0.3, -0.25) is 0 Å². The second-order valence-corrected chi connectivity index (χ2v) is 4.05. The van der Waals surface area contributed by atoms with Crippen LogP contribution in [0.5, 0.6) is 0 Å². The van der Waals surface area contributed by atoms with Gasteiger partial charge in [-0.25, -0.2) is 9.00 Å². The molecule has 0 saturated heterocycles. The number of halogens is 2. The number of rotatable bonds is 2. The molecule has 14 heavy (non-hydrogen) atoms. The van der Waals surface area contributed by atoms with Crippen LogP contribution in [0, 0.1) is 0 Å². The fourth-order valence-electron chi connectivity index (χ4n) is 0.814. The van der Waals surface area contributed by atoms with Crippen LogP contribution in [0.3, 0.4) is 0 Å². The summed E-state index contributed by atoms with van der Waals surface area (Å²) in [5, 5.41) is 8.44. The van der Waals surface area contributed by atoms with Crippen molar-refractivity contribution in [2.24, 2.45) is 0 Å². The highest BCUT2D eigenvalue weighted by Crippen LogP contribution is 2.29. The average Bonchev–Trinajstić information content (AvgIpc) is 2.08. The van der Waals surface area contributed by atoms with Gasteiger partial charge in [0.1, 0.15) is 0 Å². The van der Waals surface area contributed by atoms with E-state index in [-0.39, 0.29) is 20.5 Å². The van der Waals surface area contributed by atoms with Gasteiger partial charge in [0.15, 0.2) is 11.1 Å². The van der Waals surface area contributed by atoms with Crippen LogP contribution in [0.25, 0.3) is 0 Å². The molecule has 0 spiro atoms. The Hall–Kier alpha value is -0.620. The number of hydrogen-bond donors (Lipinski definition) is 2. The Bertz CT molecular complexity index is 418. The molecule has 0 aliphatic heterocycles. The van der Waals surface area contributed by atoms with E-state index in [0.717, 1.165) is 12.1 Å².